The molecule has 7 nitrogen and oxygen atoms in total. The van der Waals surface area contributed by atoms with Crippen LogP contribution in [0.1, 0.15) is 36.2 Å². The lowest BCUT2D eigenvalue weighted by molar-refractivity contribution is -0.116. The number of anilines is 1. The molecule has 1 saturated heterocycles. The van der Waals surface area contributed by atoms with E-state index in [4.69, 9.17) is 16.3 Å². The number of ether oxygens (including phenoxy) is 1. The number of imidazole rings is 1. The maximum atomic E-state index is 12.4. The number of amides is 2. The molecule has 0 aliphatic carbocycles. The highest BCUT2D eigenvalue weighted by molar-refractivity contribution is 6.31. The molecule has 1 atom stereocenters. The Balaban J connectivity index is 1.51. The number of halogens is 1. The predicted octanol–water partition coefficient (Wildman–Crippen LogP) is 3.34. The Morgan fingerprint density at radius 3 is 3.04 bits per heavy atom. The number of aromatic amines is 1. The molecule has 0 saturated carbocycles. The van der Waals surface area contributed by atoms with Gasteiger partial charge in [0.2, 0.25) is 5.91 Å². The average molecular weight is 391 g/mol. The monoisotopic (exact) mass is 390 g/mol. The van der Waals surface area contributed by atoms with E-state index in [1.54, 1.807) is 25.3 Å². The molecule has 3 rings (SSSR count). The van der Waals surface area contributed by atoms with E-state index >= 15 is 0 Å². The van der Waals surface area contributed by atoms with Crippen molar-refractivity contribution in [3.63, 3.8) is 0 Å². The third-order valence-electron chi connectivity index (χ3n) is 4.75. The average Bonchev–Trinajstić information content (AvgIpc) is 3.21. The second-order valence-electron chi connectivity index (χ2n) is 6.66. The molecule has 0 bridgehead atoms. The first kappa shape index (κ1) is 19.2. The van der Waals surface area contributed by atoms with Crippen LogP contribution in [-0.2, 0) is 4.79 Å². The minimum Gasteiger partial charge on any atom is -0.495 e. The predicted molar refractivity (Wildman–Crippen MR) is 103 cm³/mol. The fraction of sp³-hybridized carbons (Fsp3) is 0.421. The number of aromatic nitrogens is 2. The molecule has 1 aliphatic heterocycles. The zero-order valence-electron chi connectivity index (χ0n) is 15.2. The molecule has 1 aromatic carbocycles. The number of carbonyl (C=O) groups is 2. The van der Waals surface area contributed by atoms with E-state index in [9.17, 15) is 9.59 Å². The largest absolute Gasteiger partial charge is 0.495 e. The van der Waals surface area contributed by atoms with Gasteiger partial charge in [0, 0.05) is 24.5 Å². The SMILES string of the molecule is COc1ccc(Cl)cc1NC(=O)CCC1CCCN(C(=O)c2cnc[nH]2)C1. The van der Waals surface area contributed by atoms with Crippen LogP contribution in [0.2, 0.25) is 5.02 Å². The number of hydrogen-bond donors (Lipinski definition) is 2. The van der Waals surface area contributed by atoms with E-state index in [1.807, 2.05) is 4.90 Å². The Kier molecular flexibility index (Phi) is 6.34. The minimum atomic E-state index is -0.0902. The van der Waals surface area contributed by atoms with Crippen molar-refractivity contribution in [1.82, 2.24) is 14.9 Å². The molecule has 2 heterocycles. The molecule has 27 heavy (non-hydrogen) atoms. The second kappa shape index (κ2) is 8.90. The van der Waals surface area contributed by atoms with E-state index in [0.717, 1.165) is 25.8 Å². The number of H-pyrrole nitrogens is 1. The summed E-state index contributed by atoms with van der Waals surface area (Å²) in [6.45, 7) is 1.39. The first-order chi connectivity index (χ1) is 13.1. The third kappa shape index (κ3) is 5.01. The highest BCUT2D eigenvalue weighted by atomic mass is 35.5. The summed E-state index contributed by atoms with van der Waals surface area (Å²) in [5, 5.41) is 3.39. The van der Waals surface area contributed by atoms with Gasteiger partial charge in [0.1, 0.15) is 11.4 Å². The van der Waals surface area contributed by atoms with E-state index < -0.39 is 0 Å². The zero-order chi connectivity index (χ0) is 19.2. The van der Waals surface area contributed by atoms with Crippen molar-refractivity contribution in [2.75, 3.05) is 25.5 Å². The zero-order valence-corrected chi connectivity index (χ0v) is 16.0. The fourth-order valence-electron chi connectivity index (χ4n) is 3.35. The number of rotatable bonds is 6. The van der Waals surface area contributed by atoms with Crippen LogP contribution in [0.3, 0.4) is 0 Å². The van der Waals surface area contributed by atoms with Gasteiger partial charge in [-0.1, -0.05) is 11.6 Å². The van der Waals surface area contributed by atoms with Crippen LogP contribution in [-0.4, -0.2) is 46.9 Å². The molecular formula is C19H23ClN4O3. The van der Waals surface area contributed by atoms with Gasteiger partial charge in [-0.15, -0.1) is 0 Å². The Morgan fingerprint density at radius 1 is 1.44 bits per heavy atom. The first-order valence-corrected chi connectivity index (χ1v) is 9.35. The number of likely N-dealkylation sites (tertiary alicyclic amines) is 1. The first-order valence-electron chi connectivity index (χ1n) is 8.98. The number of methoxy groups -OCH3 is 1. The van der Waals surface area contributed by atoms with E-state index in [0.29, 0.717) is 41.0 Å². The Bertz CT molecular complexity index is 794. The van der Waals surface area contributed by atoms with Gasteiger partial charge >= 0.3 is 0 Å². The lowest BCUT2D eigenvalue weighted by Crippen LogP contribution is -2.40. The van der Waals surface area contributed by atoms with Crippen LogP contribution < -0.4 is 10.1 Å². The quantitative estimate of drug-likeness (QED) is 0.791. The van der Waals surface area contributed by atoms with Gasteiger partial charge in [0.25, 0.3) is 5.91 Å². The van der Waals surface area contributed by atoms with Crippen molar-refractivity contribution in [2.45, 2.75) is 25.7 Å². The second-order valence-corrected chi connectivity index (χ2v) is 7.09. The van der Waals surface area contributed by atoms with Gasteiger partial charge in [-0.2, -0.15) is 0 Å². The van der Waals surface area contributed by atoms with Crippen LogP contribution in [0.5, 0.6) is 5.75 Å². The molecule has 2 N–H and O–H groups in total. The van der Waals surface area contributed by atoms with E-state index in [2.05, 4.69) is 15.3 Å². The highest BCUT2D eigenvalue weighted by Crippen LogP contribution is 2.28. The number of hydrogen-bond acceptors (Lipinski definition) is 4. The van der Waals surface area contributed by atoms with Crippen LogP contribution in [0, 0.1) is 5.92 Å². The maximum Gasteiger partial charge on any atom is 0.271 e. The summed E-state index contributed by atoms with van der Waals surface area (Å²) in [5.41, 5.74) is 1.07. The van der Waals surface area contributed by atoms with Gasteiger partial charge in [-0.3, -0.25) is 9.59 Å². The van der Waals surface area contributed by atoms with Crippen molar-refractivity contribution in [2.24, 2.45) is 5.92 Å². The van der Waals surface area contributed by atoms with Gasteiger partial charge < -0.3 is 19.9 Å². The molecule has 1 unspecified atom stereocenters. The van der Waals surface area contributed by atoms with Crippen LogP contribution >= 0.6 is 11.6 Å². The van der Waals surface area contributed by atoms with Gasteiger partial charge in [0.15, 0.2) is 0 Å². The lowest BCUT2D eigenvalue weighted by atomic mass is 9.93. The number of carbonyl (C=O) groups excluding carboxylic acids is 2. The maximum absolute atomic E-state index is 12.4. The normalized spacial score (nSPS) is 16.8. The Hall–Kier alpha value is -2.54. The molecule has 0 radical (unpaired) electrons. The summed E-state index contributed by atoms with van der Waals surface area (Å²) < 4.78 is 5.25. The lowest BCUT2D eigenvalue weighted by Gasteiger charge is -2.32. The van der Waals surface area contributed by atoms with Crippen molar-refractivity contribution in [3.8, 4) is 5.75 Å². The van der Waals surface area contributed by atoms with Crippen LogP contribution in [0.15, 0.2) is 30.7 Å². The molecule has 144 valence electrons. The standard InChI is InChI=1S/C19H23ClN4O3/c1-27-17-6-5-14(20)9-15(17)23-18(25)7-4-13-3-2-8-24(11-13)19(26)16-10-21-12-22-16/h5-6,9-10,12-13H,2-4,7-8,11H2,1H3,(H,21,22)(H,23,25). The molecule has 2 aromatic rings. The summed E-state index contributed by atoms with van der Waals surface area (Å²) >= 11 is 5.99. The van der Waals surface area contributed by atoms with Crippen molar-refractivity contribution in [1.29, 1.82) is 0 Å². The number of benzene rings is 1. The van der Waals surface area contributed by atoms with Gasteiger partial charge in [-0.25, -0.2) is 4.98 Å². The Labute approximate surface area is 163 Å². The summed E-state index contributed by atoms with van der Waals surface area (Å²) in [6, 6.07) is 5.10. The topological polar surface area (TPSA) is 87.3 Å². The third-order valence-corrected chi connectivity index (χ3v) is 4.99. The van der Waals surface area contributed by atoms with Crippen molar-refractivity contribution in [3.05, 3.63) is 41.4 Å². The fourth-order valence-corrected chi connectivity index (χ4v) is 3.53. The molecule has 8 heteroatoms. The summed E-state index contributed by atoms with van der Waals surface area (Å²) in [6.07, 6.45) is 6.10. The molecular weight excluding hydrogens is 368 g/mol. The molecule has 0 spiro atoms. The number of nitrogens with zero attached hydrogens (tertiary/aromatic N) is 2. The van der Waals surface area contributed by atoms with Gasteiger partial charge in [-0.05, 0) is 43.4 Å². The number of piperidine rings is 1. The minimum absolute atomic E-state index is 0.0367. The summed E-state index contributed by atoms with van der Waals surface area (Å²) in [7, 11) is 1.55. The van der Waals surface area contributed by atoms with Gasteiger partial charge in [0.05, 0.1) is 25.3 Å². The highest BCUT2D eigenvalue weighted by Gasteiger charge is 2.25. The molecule has 1 fully saturated rings. The summed E-state index contributed by atoms with van der Waals surface area (Å²) in [5.74, 6) is 0.747. The van der Waals surface area contributed by atoms with Crippen LogP contribution in [0.25, 0.3) is 0 Å². The molecule has 2 amide bonds. The van der Waals surface area contributed by atoms with Crippen molar-refractivity contribution < 1.29 is 14.3 Å². The van der Waals surface area contributed by atoms with E-state index in [-0.39, 0.29) is 11.8 Å². The molecule has 1 aromatic heterocycles. The summed E-state index contributed by atoms with van der Waals surface area (Å²) in [4.78, 5) is 33.4. The van der Waals surface area contributed by atoms with Crippen molar-refractivity contribution >= 4 is 29.1 Å². The Morgan fingerprint density at radius 2 is 2.30 bits per heavy atom. The smallest absolute Gasteiger partial charge is 0.271 e. The molecule has 1 aliphatic rings. The number of nitrogens with one attached hydrogen (secondary N) is 2. The van der Waals surface area contributed by atoms with Crippen LogP contribution in [0.4, 0.5) is 5.69 Å². The van der Waals surface area contributed by atoms with E-state index in [1.165, 1.54) is 12.5 Å².